The first-order chi connectivity index (χ1) is 14.3. The number of sulfone groups is 1. The second-order valence-corrected chi connectivity index (χ2v) is 9.35. The molecule has 1 saturated heterocycles. The predicted octanol–water partition coefficient (Wildman–Crippen LogP) is 4.35. The van der Waals surface area contributed by atoms with Gasteiger partial charge in [-0.05, 0) is 35.4 Å². The second-order valence-electron chi connectivity index (χ2n) is 6.89. The van der Waals surface area contributed by atoms with Crippen LogP contribution in [0.1, 0.15) is 22.9 Å². The fourth-order valence-electron chi connectivity index (χ4n) is 3.28. The smallest absolute Gasteiger partial charge is 0.357 e. The number of cyclic esters (lactones) is 1. The van der Waals surface area contributed by atoms with Crippen LogP contribution in [-0.2, 0) is 19.4 Å². The average molecular weight is 440 g/mol. The van der Waals surface area contributed by atoms with Gasteiger partial charge >= 0.3 is 5.97 Å². The Kier molecular flexibility index (Phi) is 5.37. The van der Waals surface area contributed by atoms with Crippen LogP contribution in [0.4, 0.5) is 0 Å². The van der Waals surface area contributed by atoms with Crippen molar-refractivity contribution in [3.8, 4) is 0 Å². The number of benzene rings is 3. The average Bonchev–Trinajstić information content (AvgIpc) is 3.11. The van der Waals surface area contributed by atoms with Crippen LogP contribution >= 0.6 is 11.6 Å². The molecule has 1 fully saturated rings. The van der Waals surface area contributed by atoms with E-state index in [1.54, 1.807) is 36.4 Å². The minimum Gasteiger partial charge on any atom is -0.433 e. The molecule has 0 spiro atoms. The zero-order valence-electron chi connectivity index (χ0n) is 16.0. The summed E-state index contributed by atoms with van der Waals surface area (Å²) in [5, 5.41) is 3.74. The van der Waals surface area contributed by atoms with Gasteiger partial charge in [0, 0.05) is 22.4 Å². The Morgan fingerprint density at radius 3 is 2.03 bits per heavy atom. The van der Waals surface area contributed by atoms with E-state index in [0.29, 0.717) is 21.9 Å². The molecule has 1 unspecified atom stereocenters. The highest BCUT2D eigenvalue weighted by atomic mass is 35.5. The molecule has 1 heterocycles. The van der Waals surface area contributed by atoms with Crippen LogP contribution in [0.3, 0.4) is 0 Å². The fraction of sp³-hybridized carbons (Fsp3) is 0.0870. The number of ether oxygens (including phenoxy) is 1. The van der Waals surface area contributed by atoms with E-state index in [2.05, 4.69) is 5.32 Å². The van der Waals surface area contributed by atoms with E-state index in [4.69, 9.17) is 16.3 Å². The molecule has 1 atom stereocenters. The zero-order chi connectivity index (χ0) is 21.3. The van der Waals surface area contributed by atoms with Crippen molar-refractivity contribution in [3.63, 3.8) is 0 Å². The first-order valence-electron chi connectivity index (χ1n) is 9.16. The van der Waals surface area contributed by atoms with E-state index in [1.165, 1.54) is 12.1 Å². The van der Waals surface area contributed by atoms with Gasteiger partial charge in [0.15, 0.2) is 16.1 Å². The van der Waals surface area contributed by atoms with Gasteiger partial charge in [-0.1, -0.05) is 66.2 Å². The van der Waals surface area contributed by atoms with E-state index in [-0.39, 0.29) is 4.90 Å². The standard InChI is InChI=1S/C23H18ClNO4S/c1-30(27,28)19-13-9-16(10-14-19)20(15-7-11-18(24)12-8-15)21-23(26)29-22(25-21)17-5-3-2-4-6-17/h2-14,22,25H,1H3/b21-20-. The third-order valence-corrected chi connectivity index (χ3v) is 6.14. The monoisotopic (exact) mass is 439 g/mol. The Labute approximate surface area is 179 Å². The maximum absolute atomic E-state index is 12.8. The molecule has 0 radical (unpaired) electrons. The second kappa shape index (κ2) is 7.97. The molecule has 0 aromatic heterocycles. The van der Waals surface area contributed by atoms with E-state index in [0.717, 1.165) is 17.4 Å². The van der Waals surface area contributed by atoms with Gasteiger partial charge in [0.25, 0.3) is 0 Å². The van der Waals surface area contributed by atoms with Gasteiger partial charge in [-0.25, -0.2) is 13.2 Å². The Balaban J connectivity index is 1.83. The van der Waals surface area contributed by atoms with Gasteiger partial charge in [0.2, 0.25) is 0 Å². The number of rotatable bonds is 4. The lowest BCUT2D eigenvalue weighted by molar-refractivity contribution is -0.139. The summed E-state index contributed by atoms with van der Waals surface area (Å²) < 4.78 is 29.2. The Bertz CT molecular complexity index is 1220. The predicted molar refractivity (Wildman–Crippen MR) is 115 cm³/mol. The van der Waals surface area contributed by atoms with Gasteiger partial charge in [-0.15, -0.1) is 0 Å². The minimum atomic E-state index is -3.33. The van der Waals surface area contributed by atoms with Crippen LogP contribution in [0.5, 0.6) is 0 Å². The van der Waals surface area contributed by atoms with E-state index in [1.807, 2.05) is 30.3 Å². The number of carbonyl (C=O) groups excluding carboxylic acids is 1. The molecule has 5 nitrogen and oxygen atoms in total. The van der Waals surface area contributed by atoms with Crippen molar-refractivity contribution < 1.29 is 17.9 Å². The molecule has 0 bridgehead atoms. The number of carbonyl (C=O) groups is 1. The molecule has 1 aliphatic heterocycles. The SMILES string of the molecule is CS(=O)(=O)c1ccc(/C(=C2\NC(c3ccccc3)OC2=O)c2ccc(Cl)cc2)cc1. The maximum Gasteiger partial charge on any atom is 0.357 e. The van der Waals surface area contributed by atoms with Crippen LogP contribution in [0, 0.1) is 0 Å². The highest BCUT2D eigenvalue weighted by Crippen LogP contribution is 2.33. The van der Waals surface area contributed by atoms with Crippen LogP contribution in [0.25, 0.3) is 5.57 Å². The fourth-order valence-corrected chi connectivity index (χ4v) is 4.04. The summed E-state index contributed by atoms with van der Waals surface area (Å²) in [5.41, 5.74) is 3.16. The van der Waals surface area contributed by atoms with Crippen molar-refractivity contribution in [2.24, 2.45) is 0 Å². The molecule has 152 valence electrons. The van der Waals surface area contributed by atoms with Gasteiger partial charge in [-0.3, -0.25) is 0 Å². The third-order valence-electron chi connectivity index (χ3n) is 4.76. The molecule has 3 aromatic rings. The minimum absolute atomic E-state index is 0.204. The highest BCUT2D eigenvalue weighted by molar-refractivity contribution is 7.90. The number of hydrogen-bond donors (Lipinski definition) is 1. The first-order valence-corrected chi connectivity index (χ1v) is 11.4. The van der Waals surface area contributed by atoms with Crippen molar-refractivity contribution in [3.05, 3.63) is 106 Å². The van der Waals surface area contributed by atoms with Crippen molar-refractivity contribution in [1.29, 1.82) is 0 Å². The number of hydrogen-bond acceptors (Lipinski definition) is 5. The van der Waals surface area contributed by atoms with Crippen LogP contribution in [-0.4, -0.2) is 20.6 Å². The normalized spacial score (nSPS) is 17.9. The van der Waals surface area contributed by atoms with Crippen molar-refractivity contribution in [2.45, 2.75) is 11.1 Å². The molecule has 0 saturated carbocycles. The summed E-state index contributed by atoms with van der Waals surface area (Å²) in [6.07, 6.45) is 0.548. The van der Waals surface area contributed by atoms with Crippen LogP contribution < -0.4 is 5.32 Å². The molecule has 1 N–H and O–H groups in total. The molecule has 0 amide bonds. The lowest BCUT2D eigenvalue weighted by atomic mass is 9.96. The summed E-state index contributed by atoms with van der Waals surface area (Å²) >= 11 is 6.03. The molecule has 0 aliphatic carbocycles. The maximum atomic E-state index is 12.8. The Morgan fingerprint density at radius 2 is 1.47 bits per heavy atom. The van der Waals surface area contributed by atoms with Gasteiger partial charge in [0.05, 0.1) is 4.90 Å². The summed E-state index contributed by atoms with van der Waals surface area (Å²) in [6, 6.07) is 22.9. The third kappa shape index (κ3) is 4.10. The largest absolute Gasteiger partial charge is 0.433 e. The van der Waals surface area contributed by atoms with Crippen molar-refractivity contribution in [2.75, 3.05) is 6.26 Å². The Morgan fingerprint density at radius 1 is 0.900 bits per heavy atom. The van der Waals surface area contributed by atoms with Crippen LogP contribution in [0.15, 0.2) is 89.5 Å². The number of halogens is 1. The van der Waals surface area contributed by atoms with E-state index in [9.17, 15) is 13.2 Å². The molecule has 1 aliphatic rings. The van der Waals surface area contributed by atoms with Crippen molar-refractivity contribution >= 4 is 33.0 Å². The topological polar surface area (TPSA) is 72.5 Å². The summed E-state index contributed by atoms with van der Waals surface area (Å²) in [5.74, 6) is -0.485. The molecule has 4 rings (SSSR count). The van der Waals surface area contributed by atoms with Crippen molar-refractivity contribution in [1.82, 2.24) is 5.32 Å². The molecular weight excluding hydrogens is 422 g/mol. The lowest BCUT2D eigenvalue weighted by Crippen LogP contribution is -2.15. The first kappa shape index (κ1) is 20.2. The zero-order valence-corrected chi connectivity index (χ0v) is 17.6. The van der Waals surface area contributed by atoms with Gasteiger partial charge in [-0.2, -0.15) is 0 Å². The highest BCUT2D eigenvalue weighted by Gasteiger charge is 2.32. The quantitative estimate of drug-likeness (QED) is 0.483. The number of esters is 1. The van der Waals surface area contributed by atoms with Crippen LogP contribution in [0.2, 0.25) is 5.02 Å². The summed E-state index contributed by atoms with van der Waals surface area (Å²) in [7, 11) is -3.33. The molecule has 7 heteroatoms. The molecule has 3 aromatic carbocycles. The molecule has 30 heavy (non-hydrogen) atoms. The lowest BCUT2D eigenvalue weighted by Gasteiger charge is -2.13. The van der Waals surface area contributed by atoms with E-state index >= 15 is 0 Å². The summed E-state index contributed by atoms with van der Waals surface area (Å²) in [4.78, 5) is 13.0. The Hall–Kier alpha value is -3.09. The van der Waals surface area contributed by atoms with Gasteiger partial charge < -0.3 is 10.1 Å². The summed E-state index contributed by atoms with van der Waals surface area (Å²) in [6.45, 7) is 0. The molecular formula is C23H18ClNO4S. The van der Waals surface area contributed by atoms with Gasteiger partial charge in [0.1, 0.15) is 5.70 Å². The van der Waals surface area contributed by atoms with E-state index < -0.39 is 22.0 Å². The number of nitrogens with one attached hydrogen (secondary N) is 1.